The number of esters is 3. The Morgan fingerprint density at radius 2 is 0.568 bits per heavy atom. The maximum absolute atomic E-state index is 12.9. The van der Waals surface area contributed by atoms with Gasteiger partial charge in [-0.1, -0.05) is 291 Å². The summed E-state index contributed by atoms with van der Waals surface area (Å²) < 4.78 is 16.8. The van der Waals surface area contributed by atoms with E-state index in [1.54, 1.807) is 0 Å². The number of unbranched alkanes of at least 4 members (excludes halogenated alkanes) is 29. The van der Waals surface area contributed by atoms with Gasteiger partial charge in [0.25, 0.3) is 0 Å². The van der Waals surface area contributed by atoms with Crippen LogP contribution in [0.2, 0.25) is 0 Å². The molecule has 6 heteroatoms. The van der Waals surface area contributed by atoms with E-state index in [2.05, 4.69) is 112 Å². The number of allylic oxidation sites excluding steroid dienone is 16. The van der Waals surface area contributed by atoms with Gasteiger partial charge in [0.2, 0.25) is 0 Å². The fraction of sp³-hybridized carbons (Fsp3) is 0.721. The van der Waals surface area contributed by atoms with Gasteiger partial charge < -0.3 is 14.2 Å². The third-order valence-corrected chi connectivity index (χ3v) is 13.3. The van der Waals surface area contributed by atoms with Crippen molar-refractivity contribution in [2.75, 3.05) is 13.2 Å². The number of rotatable bonds is 56. The standard InChI is InChI=1S/C68H116O6/c1-4-7-10-13-16-19-22-25-28-30-32-33-34-35-37-38-40-43-46-49-52-55-58-61-67(70)73-64-65(63-72-66(69)60-57-54-51-48-45-42-27-24-21-18-15-12-9-6-3)74-68(71)62-59-56-53-50-47-44-41-39-36-31-29-26-23-20-17-14-11-8-5-2/h8,11,15,17-18,20,24,26-27,29,36,39,44,47,53,56,65H,4-7,9-10,12-14,16,19,21-23,25,28,30-35,37-38,40-43,45-46,48-52,54-55,57-64H2,1-3H3/b11-8-,18-15-,20-17-,27-24-,29-26-,39-36-,47-44-,56-53-. The Labute approximate surface area is 457 Å². The molecule has 0 aromatic rings. The number of ether oxygens (including phenoxy) is 3. The second-order valence-corrected chi connectivity index (χ2v) is 20.6. The van der Waals surface area contributed by atoms with Crippen LogP contribution in [-0.2, 0) is 28.6 Å². The summed E-state index contributed by atoms with van der Waals surface area (Å²) in [5.41, 5.74) is 0. The lowest BCUT2D eigenvalue weighted by atomic mass is 10.0. The van der Waals surface area contributed by atoms with Crippen molar-refractivity contribution >= 4 is 17.9 Å². The molecule has 1 unspecified atom stereocenters. The van der Waals surface area contributed by atoms with Gasteiger partial charge in [-0.25, -0.2) is 0 Å². The molecule has 0 amide bonds. The molecule has 0 bridgehead atoms. The molecule has 0 radical (unpaired) electrons. The average Bonchev–Trinajstić information content (AvgIpc) is 3.40. The molecule has 0 aliphatic carbocycles. The molecule has 0 saturated heterocycles. The van der Waals surface area contributed by atoms with Crippen molar-refractivity contribution < 1.29 is 28.6 Å². The predicted octanol–water partition coefficient (Wildman–Crippen LogP) is 21.3. The van der Waals surface area contributed by atoms with E-state index in [4.69, 9.17) is 14.2 Å². The van der Waals surface area contributed by atoms with E-state index in [9.17, 15) is 14.4 Å². The third-order valence-electron chi connectivity index (χ3n) is 13.3. The van der Waals surface area contributed by atoms with E-state index in [0.29, 0.717) is 19.3 Å². The first-order valence-electron chi connectivity index (χ1n) is 31.2. The largest absolute Gasteiger partial charge is 0.462 e. The van der Waals surface area contributed by atoms with E-state index < -0.39 is 12.1 Å². The number of carbonyl (C=O) groups is 3. The highest BCUT2D eigenvalue weighted by Crippen LogP contribution is 2.17. The fourth-order valence-corrected chi connectivity index (χ4v) is 8.66. The van der Waals surface area contributed by atoms with Gasteiger partial charge in [0.1, 0.15) is 13.2 Å². The molecule has 0 aliphatic rings. The quantitative estimate of drug-likeness (QED) is 0.0261. The maximum atomic E-state index is 12.9. The summed E-state index contributed by atoms with van der Waals surface area (Å²) in [7, 11) is 0. The van der Waals surface area contributed by atoms with Crippen molar-refractivity contribution in [3.05, 3.63) is 97.2 Å². The SMILES string of the molecule is CC/C=C\C/C=C\C/C=C\C/C=C\C/C=C\C/C=C\CCC(=O)OC(COC(=O)CCCCCCC/C=C\C/C=C\CCCC)COC(=O)CCCCCCCCCCCCCCCCCCCCCCCCC. The van der Waals surface area contributed by atoms with Crippen molar-refractivity contribution in [3.63, 3.8) is 0 Å². The van der Waals surface area contributed by atoms with Crippen molar-refractivity contribution in [1.82, 2.24) is 0 Å². The Balaban J connectivity index is 4.42. The molecule has 74 heavy (non-hydrogen) atoms. The van der Waals surface area contributed by atoms with Gasteiger partial charge in [-0.15, -0.1) is 0 Å². The normalized spacial score (nSPS) is 12.7. The first-order valence-corrected chi connectivity index (χ1v) is 31.2. The summed E-state index contributed by atoms with van der Waals surface area (Å²) in [4.78, 5) is 38.2. The summed E-state index contributed by atoms with van der Waals surface area (Å²) in [5, 5.41) is 0. The number of hydrogen-bond donors (Lipinski definition) is 0. The summed E-state index contributed by atoms with van der Waals surface area (Å²) in [6.45, 7) is 6.44. The topological polar surface area (TPSA) is 78.9 Å². The van der Waals surface area contributed by atoms with Gasteiger partial charge in [-0.2, -0.15) is 0 Å². The van der Waals surface area contributed by atoms with Crippen LogP contribution in [0.25, 0.3) is 0 Å². The molecular formula is C68H116O6. The van der Waals surface area contributed by atoms with Crippen LogP contribution in [0.15, 0.2) is 97.2 Å². The van der Waals surface area contributed by atoms with Crippen LogP contribution >= 0.6 is 0 Å². The molecule has 0 aromatic heterocycles. The molecule has 0 aromatic carbocycles. The molecule has 0 aliphatic heterocycles. The van der Waals surface area contributed by atoms with Crippen molar-refractivity contribution in [2.45, 2.75) is 303 Å². The van der Waals surface area contributed by atoms with Crippen LogP contribution in [0, 0.1) is 0 Å². The van der Waals surface area contributed by atoms with E-state index in [1.165, 1.54) is 148 Å². The van der Waals surface area contributed by atoms with Crippen LogP contribution in [0.4, 0.5) is 0 Å². The lowest BCUT2D eigenvalue weighted by Gasteiger charge is -2.18. The molecule has 6 nitrogen and oxygen atoms in total. The zero-order valence-electron chi connectivity index (χ0n) is 48.6. The number of hydrogen-bond acceptors (Lipinski definition) is 6. The second kappa shape index (κ2) is 61.9. The number of carbonyl (C=O) groups excluding carboxylic acids is 3. The van der Waals surface area contributed by atoms with Gasteiger partial charge in [0.15, 0.2) is 6.10 Å². The van der Waals surface area contributed by atoms with Gasteiger partial charge in [0, 0.05) is 19.3 Å². The van der Waals surface area contributed by atoms with E-state index in [-0.39, 0.29) is 31.6 Å². The van der Waals surface area contributed by atoms with Crippen LogP contribution in [-0.4, -0.2) is 37.2 Å². The molecule has 1 atom stereocenters. The molecule has 0 N–H and O–H groups in total. The zero-order chi connectivity index (χ0) is 53.6. The molecule has 0 rings (SSSR count). The van der Waals surface area contributed by atoms with E-state index in [1.807, 2.05) is 6.08 Å². The highest BCUT2D eigenvalue weighted by molar-refractivity contribution is 5.71. The van der Waals surface area contributed by atoms with E-state index >= 15 is 0 Å². The summed E-state index contributed by atoms with van der Waals surface area (Å²) in [6.07, 6.45) is 82.9. The fourth-order valence-electron chi connectivity index (χ4n) is 8.66. The summed E-state index contributed by atoms with van der Waals surface area (Å²) in [6, 6.07) is 0. The smallest absolute Gasteiger partial charge is 0.306 e. The Morgan fingerprint density at radius 1 is 0.284 bits per heavy atom. The van der Waals surface area contributed by atoms with E-state index in [0.717, 1.165) is 103 Å². The van der Waals surface area contributed by atoms with Gasteiger partial charge in [-0.05, 0) is 83.5 Å². The summed E-state index contributed by atoms with van der Waals surface area (Å²) in [5.74, 6) is -1.00. The molecule has 0 saturated carbocycles. The monoisotopic (exact) mass is 1030 g/mol. The molecule has 424 valence electrons. The Morgan fingerprint density at radius 3 is 0.919 bits per heavy atom. The van der Waals surface area contributed by atoms with Crippen LogP contribution in [0.1, 0.15) is 297 Å². The molecular weight excluding hydrogens is 913 g/mol. The average molecular weight is 1030 g/mol. The minimum Gasteiger partial charge on any atom is -0.462 e. The Hall–Kier alpha value is -3.67. The molecule has 0 spiro atoms. The zero-order valence-corrected chi connectivity index (χ0v) is 48.6. The minimum absolute atomic E-state index is 0.110. The first kappa shape index (κ1) is 70.3. The highest BCUT2D eigenvalue weighted by Gasteiger charge is 2.19. The Bertz CT molecular complexity index is 1460. The maximum Gasteiger partial charge on any atom is 0.306 e. The van der Waals surface area contributed by atoms with Crippen LogP contribution < -0.4 is 0 Å². The molecule has 0 heterocycles. The van der Waals surface area contributed by atoms with Gasteiger partial charge in [-0.3, -0.25) is 14.4 Å². The lowest BCUT2D eigenvalue weighted by molar-refractivity contribution is -0.166. The van der Waals surface area contributed by atoms with Crippen molar-refractivity contribution in [2.24, 2.45) is 0 Å². The Kier molecular flexibility index (Phi) is 58.8. The predicted molar refractivity (Wildman–Crippen MR) is 320 cm³/mol. The molecule has 0 fully saturated rings. The van der Waals surface area contributed by atoms with Crippen LogP contribution in [0.5, 0.6) is 0 Å². The van der Waals surface area contributed by atoms with Crippen molar-refractivity contribution in [3.8, 4) is 0 Å². The lowest BCUT2D eigenvalue weighted by Crippen LogP contribution is -2.30. The first-order chi connectivity index (χ1) is 36.5. The summed E-state index contributed by atoms with van der Waals surface area (Å²) >= 11 is 0. The van der Waals surface area contributed by atoms with Crippen LogP contribution in [0.3, 0.4) is 0 Å². The second-order valence-electron chi connectivity index (χ2n) is 20.6. The minimum atomic E-state index is -0.824. The third kappa shape index (κ3) is 59.2. The highest BCUT2D eigenvalue weighted by atomic mass is 16.6. The van der Waals surface area contributed by atoms with Gasteiger partial charge in [0.05, 0.1) is 0 Å². The van der Waals surface area contributed by atoms with Crippen molar-refractivity contribution in [1.29, 1.82) is 0 Å². The van der Waals surface area contributed by atoms with Gasteiger partial charge >= 0.3 is 17.9 Å².